The van der Waals surface area contributed by atoms with Gasteiger partial charge in [-0.2, -0.15) is 0 Å². The zero-order chi connectivity index (χ0) is 11.4. The highest BCUT2D eigenvalue weighted by molar-refractivity contribution is 5.67. The van der Waals surface area contributed by atoms with Gasteiger partial charge in [0.1, 0.15) is 12.4 Å². The number of rotatable bonds is 4. The Hall–Kier alpha value is -1.82. The van der Waals surface area contributed by atoms with E-state index in [0.717, 1.165) is 6.42 Å². The summed E-state index contributed by atoms with van der Waals surface area (Å²) in [5, 5.41) is 0. The van der Waals surface area contributed by atoms with Crippen molar-refractivity contribution in [2.45, 2.75) is 20.0 Å². The predicted octanol–water partition coefficient (Wildman–Crippen LogP) is 0.640. The largest absolute Gasteiger partial charge is 0.374 e. The summed E-state index contributed by atoms with van der Waals surface area (Å²) in [6.45, 7) is 2.94. The van der Waals surface area contributed by atoms with Crippen LogP contribution in [0, 0.1) is 0 Å². The molecule has 0 bridgehead atoms. The molecule has 0 saturated heterocycles. The Kier molecular flexibility index (Phi) is 3.21. The van der Waals surface area contributed by atoms with Gasteiger partial charge in [0.05, 0.1) is 0 Å². The van der Waals surface area contributed by atoms with Crippen LogP contribution < -0.4 is 5.56 Å². The number of aromatic amines is 1. The van der Waals surface area contributed by atoms with Gasteiger partial charge in [0.2, 0.25) is 0 Å². The van der Waals surface area contributed by atoms with Crippen molar-refractivity contribution in [3.8, 4) is 0 Å². The zero-order valence-corrected chi connectivity index (χ0v) is 8.93. The summed E-state index contributed by atoms with van der Waals surface area (Å²) in [5.74, 6) is 0.478. The van der Waals surface area contributed by atoms with Gasteiger partial charge >= 0.3 is 0 Å². The first kappa shape index (κ1) is 10.7. The molecule has 1 N–H and O–H groups in total. The second-order valence-electron chi connectivity index (χ2n) is 3.29. The van der Waals surface area contributed by atoms with Crippen LogP contribution >= 0.6 is 0 Å². The number of hydrogen-bond donors (Lipinski definition) is 1. The van der Waals surface area contributed by atoms with Crippen molar-refractivity contribution in [1.82, 2.24) is 19.9 Å². The van der Waals surface area contributed by atoms with Gasteiger partial charge in [0, 0.05) is 19.0 Å². The van der Waals surface area contributed by atoms with Gasteiger partial charge in [0.25, 0.3) is 5.56 Å². The Balaban J connectivity index is 2.31. The van der Waals surface area contributed by atoms with Crippen molar-refractivity contribution in [1.29, 1.82) is 0 Å². The van der Waals surface area contributed by atoms with E-state index in [2.05, 4.69) is 19.9 Å². The number of ether oxygens (including phenoxy) is 1. The summed E-state index contributed by atoms with van der Waals surface area (Å²) < 4.78 is 5.29. The minimum absolute atomic E-state index is 0.252. The lowest BCUT2D eigenvalue weighted by Crippen LogP contribution is -2.14. The van der Waals surface area contributed by atoms with Crippen molar-refractivity contribution < 1.29 is 4.74 Å². The average Bonchev–Trinajstić information content (AvgIpc) is 2.30. The Morgan fingerprint density at radius 3 is 3.00 bits per heavy atom. The van der Waals surface area contributed by atoms with E-state index in [-0.39, 0.29) is 17.7 Å². The molecule has 0 fully saturated rings. The number of nitrogens with zero attached hydrogens (tertiary/aromatic N) is 3. The fraction of sp³-hybridized carbons (Fsp3) is 0.400. The van der Waals surface area contributed by atoms with Crippen molar-refractivity contribution >= 4 is 11.2 Å². The molecule has 16 heavy (non-hydrogen) atoms. The molecule has 0 amide bonds. The van der Waals surface area contributed by atoms with Gasteiger partial charge in [-0.1, -0.05) is 6.92 Å². The standard InChI is InChI=1S/C10H12N4O2/c1-2-5-16-6-7-13-9-8(10(15)14-7)11-3-4-12-9/h3-4H,2,5-6H2,1H3,(H,12,13,14,15). The molecule has 0 spiro atoms. The highest BCUT2D eigenvalue weighted by Gasteiger charge is 2.04. The molecule has 6 heteroatoms. The summed E-state index contributed by atoms with van der Waals surface area (Å²) in [6.07, 6.45) is 3.90. The lowest BCUT2D eigenvalue weighted by molar-refractivity contribution is 0.116. The van der Waals surface area contributed by atoms with Crippen molar-refractivity contribution in [2.75, 3.05) is 6.61 Å². The minimum Gasteiger partial charge on any atom is -0.374 e. The van der Waals surface area contributed by atoms with Crippen molar-refractivity contribution in [2.24, 2.45) is 0 Å². The highest BCUT2D eigenvalue weighted by Crippen LogP contribution is 1.99. The van der Waals surface area contributed by atoms with Gasteiger partial charge in [-0.05, 0) is 6.42 Å². The SMILES string of the molecule is CCCOCc1nc2nccnc2c(=O)[nH]1. The molecule has 0 aliphatic carbocycles. The molecule has 2 heterocycles. The first-order chi connectivity index (χ1) is 7.81. The molecule has 84 valence electrons. The van der Waals surface area contributed by atoms with Gasteiger partial charge in [-0.25, -0.2) is 15.0 Å². The highest BCUT2D eigenvalue weighted by atomic mass is 16.5. The minimum atomic E-state index is -0.284. The van der Waals surface area contributed by atoms with Crippen LogP contribution in [0.5, 0.6) is 0 Å². The topological polar surface area (TPSA) is 80.8 Å². The molecule has 0 saturated carbocycles. The van der Waals surface area contributed by atoms with Crippen LogP contribution in [0.2, 0.25) is 0 Å². The maximum atomic E-state index is 11.6. The molecule has 6 nitrogen and oxygen atoms in total. The summed E-state index contributed by atoms with van der Waals surface area (Å²) in [4.78, 5) is 26.2. The molecule has 2 aromatic heterocycles. The third-order valence-corrected chi connectivity index (χ3v) is 1.98. The Morgan fingerprint density at radius 1 is 1.38 bits per heavy atom. The van der Waals surface area contributed by atoms with Crippen molar-refractivity contribution in [3.05, 3.63) is 28.6 Å². The van der Waals surface area contributed by atoms with E-state index in [1.807, 2.05) is 6.92 Å². The Morgan fingerprint density at radius 2 is 2.19 bits per heavy atom. The molecule has 0 unspecified atom stereocenters. The van der Waals surface area contributed by atoms with Gasteiger partial charge in [-0.3, -0.25) is 4.79 Å². The van der Waals surface area contributed by atoms with E-state index < -0.39 is 0 Å². The van der Waals surface area contributed by atoms with Crippen LogP contribution in [0.1, 0.15) is 19.2 Å². The molecule has 2 rings (SSSR count). The molecule has 0 aliphatic rings. The van der Waals surface area contributed by atoms with E-state index in [9.17, 15) is 4.79 Å². The monoisotopic (exact) mass is 220 g/mol. The first-order valence-corrected chi connectivity index (χ1v) is 5.09. The van der Waals surface area contributed by atoms with Gasteiger partial charge in [0.15, 0.2) is 11.2 Å². The van der Waals surface area contributed by atoms with Crippen LogP contribution in [0.3, 0.4) is 0 Å². The number of hydrogen-bond acceptors (Lipinski definition) is 5. The van der Waals surface area contributed by atoms with Crippen LogP contribution in [0.25, 0.3) is 11.2 Å². The zero-order valence-electron chi connectivity index (χ0n) is 8.93. The smallest absolute Gasteiger partial charge is 0.279 e. The molecule has 2 aromatic rings. The molecular formula is C10H12N4O2. The van der Waals surface area contributed by atoms with E-state index >= 15 is 0 Å². The van der Waals surface area contributed by atoms with Crippen molar-refractivity contribution in [3.63, 3.8) is 0 Å². The summed E-state index contributed by atoms with van der Waals surface area (Å²) >= 11 is 0. The lowest BCUT2D eigenvalue weighted by Gasteiger charge is -2.02. The maximum absolute atomic E-state index is 11.6. The maximum Gasteiger partial charge on any atom is 0.279 e. The summed E-state index contributed by atoms with van der Waals surface area (Å²) in [6, 6.07) is 0. The number of fused-ring (bicyclic) bond motifs is 1. The summed E-state index contributed by atoms with van der Waals surface area (Å²) in [5.41, 5.74) is 0.316. The number of nitrogens with one attached hydrogen (secondary N) is 1. The third kappa shape index (κ3) is 2.22. The van der Waals surface area contributed by atoms with Crippen LogP contribution in [-0.2, 0) is 11.3 Å². The van der Waals surface area contributed by atoms with E-state index in [1.165, 1.54) is 12.4 Å². The molecule has 0 radical (unpaired) electrons. The molecule has 0 atom stereocenters. The van der Waals surface area contributed by atoms with Crippen LogP contribution in [-0.4, -0.2) is 26.5 Å². The quantitative estimate of drug-likeness (QED) is 0.765. The Labute approximate surface area is 91.7 Å². The molecule has 0 aliphatic heterocycles. The van der Waals surface area contributed by atoms with E-state index in [1.54, 1.807) is 0 Å². The third-order valence-electron chi connectivity index (χ3n) is 1.98. The van der Waals surface area contributed by atoms with Crippen LogP contribution in [0.15, 0.2) is 17.2 Å². The number of aromatic nitrogens is 4. The fourth-order valence-electron chi connectivity index (χ4n) is 1.30. The van der Waals surface area contributed by atoms with E-state index in [4.69, 9.17) is 4.74 Å². The lowest BCUT2D eigenvalue weighted by atomic mass is 10.5. The average molecular weight is 220 g/mol. The molecule has 0 aromatic carbocycles. The second-order valence-corrected chi connectivity index (χ2v) is 3.29. The van der Waals surface area contributed by atoms with Gasteiger partial charge in [-0.15, -0.1) is 0 Å². The van der Waals surface area contributed by atoms with Crippen LogP contribution in [0.4, 0.5) is 0 Å². The Bertz CT molecular complexity index is 538. The summed E-state index contributed by atoms with van der Waals surface area (Å²) in [7, 11) is 0. The molecular weight excluding hydrogens is 208 g/mol. The normalized spacial score (nSPS) is 10.8. The number of H-pyrrole nitrogens is 1. The second kappa shape index (κ2) is 4.80. The first-order valence-electron chi connectivity index (χ1n) is 5.09. The predicted molar refractivity (Wildman–Crippen MR) is 57.9 cm³/mol. The van der Waals surface area contributed by atoms with E-state index in [0.29, 0.717) is 18.1 Å². The fourth-order valence-corrected chi connectivity index (χ4v) is 1.30. The van der Waals surface area contributed by atoms with Gasteiger partial charge < -0.3 is 9.72 Å².